The Balaban J connectivity index is 1.38. The summed E-state index contributed by atoms with van der Waals surface area (Å²) in [5.41, 5.74) is 5.09. The third kappa shape index (κ3) is 4.83. The number of aryl methyl sites for hydroxylation is 2. The third-order valence-electron chi connectivity index (χ3n) is 8.08. The Morgan fingerprint density at radius 1 is 1.18 bits per heavy atom. The van der Waals surface area contributed by atoms with Crippen molar-refractivity contribution in [2.45, 2.75) is 38.6 Å². The molecule has 39 heavy (non-hydrogen) atoms. The minimum Gasteiger partial charge on any atom is -0.465 e. The van der Waals surface area contributed by atoms with Gasteiger partial charge in [0.2, 0.25) is 0 Å². The topological polar surface area (TPSA) is 81.4 Å². The van der Waals surface area contributed by atoms with Gasteiger partial charge in [-0.1, -0.05) is 0 Å². The van der Waals surface area contributed by atoms with E-state index in [0.29, 0.717) is 5.56 Å². The average Bonchev–Trinajstić information content (AvgIpc) is 3.28. The molecular formula is C30H34FN5O3. The van der Waals surface area contributed by atoms with Crippen LogP contribution >= 0.6 is 0 Å². The molecule has 1 fully saturated rings. The monoisotopic (exact) mass is 531 g/mol. The maximum atomic E-state index is 15.1. The number of fused-ring (bicyclic) bond motifs is 1. The van der Waals surface area contributed by atoms with Gasteiger partial charge in [-0.3, -0.25) is 14.3 Å². The van der Waals surface area contributed by atoms with Crippen LogP contribution in [0.25, 0.3) is 16.7 Å². The number of hydrogen-bond donors (Lipinski definition) is 1. The Hall–Kier alpha value is -3.98. The lowest BCUT2D eigenvalue weighted by Crippen LogP contribution is -2.36. The van der Waals surface area contributed by atoms with Crippen molar-refractivity contribution < 1.29 is 13.9 Å². The van der Waals surface area contributed by atoms with Gasteiger partial charge in [-0.05, 0) is 87.2 Å². The van der Waals surface area contributed by atoms with E-state index in [0.717, 1.165) is 59.6 Å². The van der Waals surface area contributed by atoms with Gasteiger partial charge in [-0.25, -0.2) is 14.2 Å². The molecule has 0 spiro atoms. The molecule has 0 radical (unpaired) electrons. The lowest BCUT2D eigenvalue weighted by atomic mass is 9.85. The first-order valence-electron chi connectivity index (χ1n) is 13.2. The molecule has 0 bridgehead atoms. The number of hydrogen-bond acceptors (Lipinski definition) is 6. The van der Waals surface area contributed by atoms with Crippen molar-refractivity contribution in [2.75, 3.05) is 32.6 Å². The number of benzene rings is 1. The molecule has 1 aliphatic rings. The second kappa shape index (κ2) is 10.6. The summed E-state index contributed by atoms with van der Waals surface area (Å²) >= 11 is 0. The fourth-order valence-corrected chi connectivity index (χ4v) is 5.94. The van der Waals surface area contributed by atoms with Gasteiger partial charge in [0.15, 0.2) is 0 Å². The molecule has 5 rings (SSSR count). The highest BCUT2D eigenvalue weighted by atomic mass is 19.1. The summed E-state index contributed by atoms with van der Waals surface area (Å²) in [6.07, 6.45) is 5.15. The predicted octanol–water partition coefficient (Wildman–Crippen LogP) is 4.94. The smallest absolute Gasteiger partial charge is 0.337 e. The Bertz CT molecular complexity index is 1580. The standard InChI is InChI=1S/C30H34FN5O3/c1-18-14-21(30(38)39-5)15-24(31)28(18)20-7-11-35(12-8-20)19(2)26-17-23-25(6-10-33-29(23)34(26)4)36-13-9-22(32-3)16-27(36)37/h6,9-10,13-17,19-20,32H,7-8,11-12H2,1-5H3. The van der Waals surface area contributed by atoms with E-state index in [2.05, 4.69) is 32.8 Å². The number of halogens is 1. The van der Waals surface area contributed by atoms with Gasteiger partial charge in [-0.2, -0.15) is 0 Å². The first-order chi connectivity index (χ1) is 18.7. The van der Waals surface area contributed by atoms with E-state index >= 15 is 4.39 Å². The van der Waals surface area contributed by atoms with E-state index in [1.54, 1.807) is 36.1 Å². The quantitative estimate of drug-likeness (QED) is 0.355. The fraction of sp³-hybridized carbons (Fsp3) is 0.367. The molecule has 9 heteroatoms. The van der Waals surface area contributed by atoms with Crippen LogP contribution in [0.2, 0.25) is 0 Å². The Labute approximate surface area is 227 Å². The van der Waals surface area contributed by atoms with Gasteiger partial charge in [0.05, 0.1) is 18.4 Å². The van der Waals surface area contributed by atoms with Crippen LogP contribution in [0.4, 0.5) is 10.1 Å². The molecule has 1 atom stereocenters. The zero-order valence-electron chi connectivity index (χ0n) is 23.0. The molecule has 1 aromatic carbocycles. The number of anilines is 1. The molecular weight excluding hydrogens is 497 g/mol. The molecule has 4 heterocycles. The SMILES string of the molecule is CNc1ccn(-c2ccnc3c2cc(C(C)N2CCC(c4c(C)cc(C(=O)OC)cc4F)CC2)n3C)c(=O)c1. The van der Waals surface area contributed by atoms with Crippen LogP contribution in [0.5, 0.6) is 0 Å². The van der Waals surface area contributed by atoms with Crippen molar-refractivity contribution in [1.82, 2.24) is 19.0 Å². The number of carbonyl (C=O) groups excluding carboxylic acids is 1. The third-order valence-corrected chi connectivity index (χ3v) is 8.08. The molecule has 1 aliphatic heterocycles. The number of carbonyl (C=O) groups is 1. The lowest BCUT2D eigenvalue weighted by molar-refractivity contribution is 0.0600. The van der Waals surface area contributed by atoms with Crippen LogP contribution in [-0.2, 0) is 11.8 Å². The summed E-state index contributed by atoms with van der Waals surface area (Å²) < 4.78 is 23.6. The lowest BCUT2D eigenvalue weighted by Gasteiger charge is -2.37. The summed E-state index contributed by atoms with van der Waals surface area (Å²) in [7, 11) is 5.09. The molecule has 3 aromatic heterocycles. The second-order valence-electron chi connectivity index (χ2n) is 10.2. The van der Waals surface area contributed by atoms with Gasteiger partial charge < -0.3 is 14.6 Å². The predicted molar refractivity (Wildman–Crippen MR) is 150 cm³/mol. The number of methoxy groups -OCH3 is 1. The average molecular weight is 532 g/mol. The minimum atomic E-state index is -0.528. The van der Waals surface area contributed by atoms with Crippen LogP contribution in [0.1, 0.15) is 58.9 Å². The van der Waals surface area contributed by atoms with Crippen molar-refractivity contribution in [3.63, 3.8) is 0 Å². The number of likely N-dealkylation sites (tertiary alicyclic amines) is 1. The highest BCUT2D eigenvalue weighted by Crippen LogP contribution is 2.36. The largest absolute Gasteiger partial charge is 0.465 e. The highest BCUT2D eigenvalue weighted by Gasteiger charge is 2.29. The number of piperidine rings is 1. The number of esters is 1. The maximum Gasteiger partial charge on any atom is 0.337 e. The van der Waals surface area contributed by atoms with E-state index < -0.39 is 5.97 Å². The van der Waals surface area contributed by atoms with Crippen molar-refractivity contribution in [3.05, 3.63) is 87.3 Å². The molecule has 0 amide bonds. The van der Waals surface area contributed by atoms with Gasteiger partial charge in [0.25, 0.3) is 5.56 Å². The van der Waals surface area contributed by atoms with E-state index in [1.807, 2.05) is 26.1 Å². The van der Waals surface area contributed by atoms with Crippen LogP contribution in [0, 0.1) is 12.7 Å². The Morgan fingerprint density at radius 2 is 1.92 bits per heavy atom. The number of aromatic nitrogens is 3. The highest BCUT2D eigenvalue weighted by molar-refractivity contribution is 5.89. The van der Waals surface area contributed by atoms with Crippen LogP contribution < -0.4 is 10.9 Å². The summed E-state index contributed by atoms with van der Waals surface area (Å²) in [5, 5.41) is 3.92. The van der Waals surface area contributed by atoms with E-state index in [-0.39, 0.29) is 28.9 Å². The summed E-state index contributed by atoms with van der Waals surface area (Å²) in [6, 6.07) is 10.6. The maximum absolute atomic E-state index is 15.1. The van der Waals surface area contributed by atoms with Crippen molar-refractivity contribution in [2.24, 2.45) is 7.05 Å². The number of nitrogens with zero attached hydrogens (tertiary/aromatic N) is 4. The van der Waals surface area contributed by atoms with Crippen molar-refractivity contribution >= 4 is 22.7 Å². The van der Waals surface area contributed by atoms with E-state index in [4.69, 9.17) is 4.74 Å². The minimum absolute atomic E-state index is 0.0911. The second-order valence-corrected chi connectivity index (χ2v) is 10.2. The van der Waals surface area contributed by atoms with Crippen molar-refractivity contribution in [3.8, 4) is 5.69 Å². The molecule has 0 aliphatic carbocycles. The zero-order valence-corrected chi connectivity index (χ0v) is 23.0. The van der Waals surface area contributed by atoms with Crippen LogP contribution in [0.15, 0.2) is 53.6 Å². The first-order valence-corrected chi connectivity index (χ1v) is 13.2. The fourth-order valence-electron chi connectivity index (χ4n) is 5.94. The molecule has 1 unspecified atom stereocenters. The summed E-state index contributed by atoms with van der Waals surface area (Å²) in [4.78, 5) is 31.7. The number of rotatable bonds is 6. The van der Waals surface area contributed by atoms with Gasteiger partial charge in [0, 0.05) is 55.4 Å². The molecule has 204 valence electrons. The number of pyridine rings is 2. The van der Waals surface area contributed by atoms with Gasteiger partial charge >= 0.3 is 5.97 Å². The zero-order chi connectivity index (χ0) is 27.8. The molecule has 8 nitrogen and oxygen atoms in total. The Kier molecular flexibility index (Phi) is 7.27. The van der Waals surface area contributed by atoms with E-state index in [9.17, 15) is 9.59 Å². The first kappa shape index (κ1) is 26.6. The Morgan fingerprint density at radius 3 is 2.56 bits per heavy atom. The van der Waals surface area contributed by atoms with Gasteiger partial charge in [0.1, 0.15) is 11.5 Å². The van der Waals surface area contributed by atoms with Gasteiger partial charge in [-0.15, -0.1) is 0 Å². The van der Waals surface area contributed by atoms with E-state index in [1.165, 1.54) is 13.2 Å². The summed E-state index contributed by atoms with van der Waals surface area (Å²) in [5.74, 6) is -0.778. The van der Waals surface area contributed by atoms with Crippen LogP contribution in [-0.4, -0.2) is 52.2 Å². The number of ether oxygens (including phenoxy) is 1. The molecule has 1 saturated heterocycles. The molecule has 4 aromatic rings. The summed E-state index contributed by atoms with van der Waals surface area (Å²) in [6.45, 7) is 5.67. The van der Waals surface area contributed by atoms with Crippen molar-refractivity contribution in [1.29, 1.82) is 0 Å². The van der Waals surface area contributed by atoms with Crippen LogP contribution in [0.3, 0.4) is 0 Å². The molecule has 1 N–H and O–H groups in total. The number of nitrogens with one attached hydrogen (secondary N) is 1. The molecule has 0 saturated carbocycles. The normalized spacial score (nSPS) is 15.4.